The van der Waals surface area contributed by atoms with Crippen molar-refractivity contribution in [2.75, 3.05) is 0 Å². The highest BCUT2D eigenvalue weighted by Crippen LogP contribution is 2.41. The molecule has 0 spiro atoms. The molecule has 2 aromatic rings. The Labute approximate surface area is 134 Å². The minimum atomic E-state index is 0.211. The summed E-state index contributed by atoms with van der Waals surface area (Å²) < 4.78 is 0. The molecule has 2 aromatic carbocycles. The summed E-state index contributed by atoms with van der Waals surface area (Å²) in [5.41, 5.74) is 10.4. The van der Waals surface area contributed by atoms with Crippen molar-refractivity contribution >= 4 is 5.57 Å². The molecule has 0 aliphatic heterocycles. The third-order valence-corrected chi connectivity index (χ3v) is 4.84. The number of allylic oxidation sites excluding steroid dienone is 2. The molecule has 0 amide bonds. The molecule has 0 radical (unpaired) electrons. The van der Waals surface area contributed by atoms with Gasteiger partial charge in [0.2, 0.25) is 0 Å². The Morgan fingerprint density at radius 3 is 2.23 bits per heavy atom. The highest BCUT2D eigenvalue weighted by Gasteiger charge is 2.21. The summed E-state index contributed by atoms with van der Waals surface area (Å²) in [7, 11) is 0. The zero-order valence-corrected chi connectivity index (χ0v) is 14.5. The molecular weight excluding hydrogens is 264 g/mol. The highest BCUT2D eigenvalue weighted by molar-refractivity contribution is 5.87. The first-order valence-corrected chi connectivity index (χ1v) is 8.33. The molecule has 0 fully saturated rings. The summed E-state index contributed by atoms with van der Waals surface area (Å²) in [4.78, 5) is 0. The average Bonchev–Trinajstić information content (AvgIpc) is 2.81. The van der Waals surface area contributed by atoms with Crippen LogP contribution in [0.4, 0.5) is 0 Å². The van der Waals surface area contributed by atoms with Crippen molar-refractivity contribution in [2.24, 2.45) is 0 Å². The summed E-state index contributed by atoms with van der Waals surface area (Å²) in [6.45, 7) is 11.4. The summed E-state index contributed by atoms with van der Waals surface area (Å²) >= 11 is 0. The van der Waals surface area contributed by atoms with Gasteiger partial charge in [0, 0.05) is 0 Å². The van der Waals surface area contributed by atoms with Gasteiger partial charge in [-0.3, -0.25) is 0 Å². The van der Waals surface area contributed by atoms with Gasteiger partial charge in [-0.1, -0.05) is 75.7 Å². The van der Waals surface area contributed by atoms with Gasteiger partial charge in [-0.2, -0.15) is 0 Å². The Bertz CT molecular complexity index is 722. The molecule has 0 atom stereocenters. The zero-order chi connectivity index (χ0) is 15.9. The predicted octanol–water partition coefficient (Wildman–Crippen LogP) is 6.39. The molecule has 0 bridgehead atoms. The maximum absolute atomic E-state index is 2.29. The van der Waals surface area contributed by atoms with Gasteiger partial charge in [0.1, 0.15) is 0 Å². The van der Waals surface area contributed by atoms with Crippen LogP contribution in [0, 0.1) is 0 Å². The van der Waals surface area contributed by atoms with E-state index in [0.29, 0.717) is 0 Å². The molecule has 1 aliphatic carbocycles. The van der Waals surface area contributed by atoms with E-state index in [1.807, 2.05) is 0 Å². The first kappa shape index (κ1) is 15.1. The molecule has 3 rings (SSSR count). The normalized spacial score (nSPS) is 14.4. The van der Waals surface area contributed by atoms with Gasteiger partial charge in [0.15, 0.2) is 0 Å². The quantitative estimate of drug-likeness (QED) is 0.601. The second-order valence-corrected chi connectivity index (χ2v) is 7.46. The molecule has 0 unspecified atom stereocenters. The van der Waals surface area contributed by atoms with E-state index < -0.39 is 0 Å². The lowest BCUT2D eigenvalue weighted by Crippen LogP contribution is -2.10. The minimum absolute atomic E-state index is 0.211. The van der Waals surface area contributed by atoms with E-state index in [0.717, 1.165) is 12.8 Å². The molecule has 22 heavy (non-hydrogen) atoms. The van der Waals surface area contributed by atoms with Gasteiger partial charge >= 0.3 is 0 Å². The van der Waals surface area contributed by atoms with Crippen molar-refractivity contribution in [3.05, 3.63) is 64.7 Å². The van der Waals surface area contributed by atoms with Crippen LogP contribution in [-0.2, 0) is 11.8 Å². The summed E-state index contributed by atoms with van der Waals surface area (Å²) in [6, 6.07) is 15.9. The lowest BCUT2D eigenvalue weighted by molar-refractivity contribution is 0.590. The Hall–Kier alpha value is -1.82. The van der Waals surface area contributed by atoms with Crippen LogP contribution in [0.1, 0.15) is 57.7 Å². The maximum atomic E-state index is 2.29. The first-order valence-electron chi connectivity index (χ1n) is 8.33. The second kappa shape index (κ2) is 5.43. The van der Waals surface area contributed by atoms with E-state index in [1.165, 1.54) is 33.4 Å². The molecule has 0 heterocycles. The van der Waals surface area contributed by atoms with Crippen LogP contribution in [0.2, 0.25) is 0 Å². The van der Waals surface area contributed by atoms with Crippen molar-refractivity contribution in [3.63, 3.8) is 0 Å². The fourth-order valence-corrected chi connectivity index (χ4v) is 3.58. The van der Waals surface area contributed by atoms with Crippen molar-refractivity contribution in [3.8, 4) is 11.1 Å². The molecule has 0 N–H and O–H groups in total. The molecule has 0 saturated heterocycles. The van der Waals surface area contributed by atoms with Crippen LogP contribution >= 0.6 is 0 Å². The van der Waals surface area contributed by atoms with Gasteiger partial charge in [-0.15, -0.1) is 0 Å². The van der Waals surface area contributed by atoms with E-state index in [9.17, 15) is 0 Å². The SMILES string of the molecule is CCC1=C(C)Cc2cccc(-c3ccc(C(C)(C)C)cc3)c21. The van der Waals surface area contributed by atoms with Crippen molar-refractivity contribution in [2.45, 2.75) is 52.9 Å². The zero-order valence-electron chi connectivity index (χ0n) is 14.5. The van der Waals surface area contributed by atoms with Crippen LogP contribution in [0.3, 0.4) is 0 Å². The van der Waals surface area contributed by atoms with Crippen LogP contribution in [0.15, 0.2) is 48.0 Å². The van der Waals surface area contributed by atoms with E-state index in [1.54, 1.807) is 5.57 Å². The van der Waals surface area contributed by atoms with Crippen LogP contribution in [0.25, 0.3) is 16.7 Å². The van der Waals surface area contributed by atoms with Crippen molar-refractivity contribution < 1.29 is 0 Å². The largest absolute Gasteiger partial charge is 0.0651 e. The Balaban J connectivity index is 2.10. The smallest absolute Gasteiger partial charge is 0.00576 e. The molecule has 1 aliphatic rings. The first-order chi connectivity index (χ1) is 10.4. The minimum Gasteiger partial charge on any atom is -0.0651 e. The fraction of sp³-hybridized carbons (Fsp3) is 0.364. The van der Waals surface area contributed by atoms with Crippen LogP contribution in [0.5, 0.6) is 0 Å². The number of hydrogen-bond donors (Lipinski definition) is 0. The van der Waals surface area contributed by atoms with E-state index in [-0.39, 0.29) is 5.41 Å². The third kappa shape index (κ3) is 2.52. The number of fused-ring (bicyclic) bond motifs is 1. The maximum Gasteiger partial charge on any atom is -0.00576 e. The molecule has 0 nitrogen and oxygen atoms in total. The lowest BCUT2D eigenvalue weighted by atomic mass is 9.85. The standard InChI is InChI=1S/C22H26/c1-6-19-15(2)14-17-8-7-9-20(21(17)19)16-10-12-18(13-11-16)22(3,4)5/h7-13H,6,14H2,1-5H3. The molecule has 114 valence electrons. The second-order valence-electron chi connectivity index (χ2n) is 7.46. The summed E-state index contributed by atoms with van der Waals surface area (Å²) in [5.74, 6) is 0. The van der Waals surface area contributed by atoms with Gasteiger partial charge in [-0.25, -0.2) is 0 Å². The molecule has 0 heteroatoms. The van der Waals surface area contributed by atoms with E-state index >= 15 is 0 Å². The highest BCUT2D eigenvalue weighted by atomic mass is 14.3. The average molecular weight is 290 g/mol. The molecule has 0 aromatic heterocycles. The number of benzene rings is 2. The predicted molar refractivity (Wildman–Crippen MR) is 97.2 cm³/mol. The van der Waals surface area contributed by atoms with Gasteiger partial charge in [-0.05, 0) is 58.6 Å². The summed E-state index contributed by atoms with van der Waals surface area (Å²) in [6.07, 6.45) is 2.24. The van der Waals surface area contributed by atoms with Crippen LogP contribution < -0.4 is 0 Å². The number of rotatable bonds is 2. The van der Waals surface area contributed by atoms with Gasteiger partial charge in [0.25, 0.3) is 0 Å². The van der Waals surface area contributed by atoms with E-state index in [2.05, 4.69) is 77.1 Å². The van der Waals surface area contributed by atoms with Crippen LogP contribution in [-0.4, -0.2) is 0 Å². The fourth-order valence-electron chi connectivity index (χ4n) is 3.58. The van der Waals surface area contributed by atoms with Crippen molar-refractivity contribution in [1.29, 1.82) is 0 Å². The molecule has 0 saturated carbocycles. The lowest BCUT2D eigenvalue weighted by Gasteiger charge is -2.20. The topological polar surface area (TPSA) is 0 Å². The van der Waals surface area contributed by atoms with E-state index in [4.69, 9.17) is 0 Å². The summed E-state index contributed by atoms with van der Waals surface area (Å²) in [5, 5.41) is 0. The Morgan fingerprint density at radius 1 is 0.955 bits per heavy atom. The van der Waals surface area contributed by atoms with Crippen molar-refractivity contribution in [1.82, 2.24) is 0 Å². The van der Waals surface area contributed by atoms with Gasteiger partial charge < -0.3 is 0 Å². The third-order valence-electron chi connectivity index (χ3n) is 4.84. The molecular formula is C22H26. The Morgan fingerprint density at radius 2 is 1.64 bits per heavy atom. The van der Waals surface area contributed by atoms with Gasteiger partial charge in [0.05, 0.1) is 0 Å². The monoisotopic (exact) mass is 290 g/mol. The Kier molecular flexibility index (Phi) is 3.72. The number of hydrogen-bond acceptors (Lipinski definition) is 0.